The highest BCUT2D eigenvalue weighted by Gasteiger charge is 2.00. The van der Waals surface area contributed by atoms with Crippen molar-refractivity contribution in [3.8, 4) is 5.75 Å². The zero-order valence-corrected chi connectivity index (χ0v) is 11.2. The van der Waals surface area contributed by atoms with E-state index in [0.717, 1.165) is 16.9 Å². The van der Waals surface area contributed by atoms with Gasteiger partial charge in [0.1, 0.15) is 18.2 Å². The Morgan fingerprint density at radius 1 is 0.950 bits per heavy atom. The van der Waals surface area contributed by atoms with Gasteiger partial charge in [-0.25, -0.2) is 4.39 Å². The normalized spacial score (nSPS) is 10.5. The third kappa shape index (κ3) is 4.64. The lowest BCUT2D eigenvalue weighted by atomic mass is 10.1. The summed E-state index contributed by atoms with van der Waals surface area (Å²) in [5, 5.41) is 0. The fraction of sp³-hybridized carbons (Fsp3) is 0.250. The smallest absolute Gasteiger partial charge is 0.123 e. The first-order valence-corrected chi connectivity index (χ1v) is 6.52. The molecule has 0 amide bonds. The van der Waals surface area contributed by atoms with Crippen LogP contribution in [-0.2, 0) is 17.9 Å². The van der Waals surface area contributed by atoms with E-state index in [9.17, 15) is 4.39 Å². The average Bonchev–Trinajstić information content (AvgIpc) is 2.47. The van der Waals surface area contributed by atoms with Crippen LogP contribution in [-0.4, -0.2) is 13.2 Å². The molecule has 0 fully saturated rings. The predicted octanol–water partition coefficient (Wildman–Crippen LogP) is 2.88. The Morgan fingerprint density at radius 3 is 2.45 bits per heavy atom. The first-order chi connectivity index (χ1) is 9.78. The number of benzene rings is 2. The Labute approximate surface area is 118 Å². The van der Waals surface area contributed by atoms with Crippen LogP contribution in [0.5, 0.6) is 5.75 Å². The summed E-state index contributed by atoms with van der Waals surface area (Å²) < 4.78 is 24.2. The van der Waals surface area contributed by atoms with E-state index in [0.29, 0.717) is 26.4 Å². The van der Waals surface area contributed by atoms with Crippen molar-refractivity contribution in [1.82, 2.24) is 0 Å². The highest BCUT2D eigenvalue weighted by atomic mass is 19.1. The molecule has 0 spiro atoms. The summed E-state index contributed by atoms with van der Waals surface area (Å²) in [6.07, 6.45) is 0. The molecule has 3 nitrogen and oxygen atoms in total. The lowest BCUT2D eigenvalue weighted by Gasteiger charge is -2.08. The minimum atomic E-state index is -0.285. The molecule has 2 rings (SSSR count). The molecular weight excluding hydrogens is 257 g/mol. The summed E-state index contributed by atoms with van der Waals surface area (Å²) in [6, 6.07) is 14.3. The maximum atomic E-state index is 13.3. The van der Waals surface area contributed by atoms with Gasteiger partial charge in [-0.1, -0.05) is 24.3 Å². The van der Waals surface area contributed by atoms with Crippen LogP contribution in [0.1, 0.15) is 11.1 Å². The van der Waals surface area contributed by atoms with Crippen LogP contribution >= 0.6 is 0 Å². The van der Waals surface area contributed by atoms with E-state index in [-0.39, 0.29) is 5.82 Å². The van der Waals surface area contributed by atoms with Gasteiger partial charge >= 0.3 is 0 Å². The maximum Gasteiger partial charge on any atom is 0.123 e. The summed E-state index contributed by atoms with van der Waals surface area (Å²) in [4.78, 5) is 0. The number of rotatable bonds is 7. The van der Waals surface area contributed by atoms with E-state index in [1.165, 1.54) is 12.1 Å². The quantitative estimate of drug-likeness (QED) is 0.790. The topological polar surface area (TPSA) is 44.5 Å². The summed E-state index contributed by atoms with van der Waals surface area (Å²) in [5.41, 5.74) is 7.05. The minimum Gasteiger partial charge on any atom is -0.491 e. The molecule has 0 saturated carbocycles. The van der Waals surface area contributed by atoms with Gasteiger partial charge in [-0.3, -0.25) is 0 Å². The van der Waals surface area contributed by atoms with Crippen molar-refractivity contribution < 1.29 is 13.9 Å². The zero-order valence-electron chi connectivity index (χ0n) is 11.2. The van der Waals surface area contributed by atoms with Crippen molar-refractivity contribution in [3.63, 3.8) is 0 Å². The predicted molar refractivity (Wildman–Crippen MR) is 75.9 cm³/mol. The van der Waals surface area contributed by atoms with Crippen LogP contribution in [0.15, 0.2) is 48.5 Å². The molecule has 0 atom stereocenters. The number of hydrogen-bond acceptors (Lipinski definition) is 3. The first-order valence-electron chi connectivity index (χ1n) is 6.52. The second-order valence-corrected chi connectivity index (χ2v) is 4.39. The number of nitrogens with two attached hydrogens (primary N) is 1. The monoisotopic (exact) mass is 275 g/mol. The lowest BCUT2D eigenvalue weighted by Crippen LogP contribution is -2.07. The first kappa shape index (κ1) is 14.5. The Kier molecular flexibility index (Phi) is 5.53. The standard InChI is InChI=1S/C16H18FNO2/c17-15-9-13(11-18)8-14(10-15)12-19-6-7-20-16-4-2-1-3-5-16/h1-5,8-10H,6-7,11-12,18H2. The van der Waals surface area contributed by atoms with Crippen molar-refractivity contribution in [2.45, 2.75) is 13.2 Å². The fourth-order valence-corrected chi connectivity index (χ4v) is 1.84. The molecule has 0 radical (unpaired) electrons. The van der Waals surface area contributed by atoms with Crippen LogP contribution in [0.3, 0.4) is 0 Å². The molecule has 20 heavy (non-hydrogen) atoms. The highest BCUT2D eigenvalue weighted by Crippen LogP contribution is 2.11. The van der Waals surface area contributed by atoms with Gasteiger partial charge < -0.3 is 15.2 Å². The van der Waals surface area contributed by atoms with Gasteiger partial charge in [0.05, 0.1) is 13.2 Å². The van der Waals surface area contributed by atoms with Crippen molar-refractivity contribution in [2.75, 3.05) is 13.2 Å². The van der Waals surface area contributed by atoms with Gasteiger partial charge in [-0.2, -0.15) is 0 Å². The molecule has 0 aliphatic rings. The molecule has 2 N–H and O–H groups in total. The highest BCUT2D eigenvalue weighted by molar-refractivity contribution is 5.24. The van der Waals surface area contributed by atoms with Crippen molar-refractivity contribution in [3.05, 3.63) is 65.5 Å². The molecule has 2 aromatic carbocycles. The van der Waals surface area contributed by atoms with E-state index in [2.05, 4.69) is 0 Å². The van der Waals surface area contributed by atoms with Crippen LogP contribution in [0, 0.1) is 5.82 Å². The van der Waals surface area contributed by atoms with Crippen LogP contribution < -0.4 is 10.5 Å². The van der Waals surface area contributed by atoms with Crippen LogP contribution in [0.25, 0.3) is 0 Å². The molecule has 2 aromatic rings. The molecule has 0 aliphatic heterocycles. The molecule has 0 unspecified atom stereocenters. The third-order valence-electron chi connectivity index (χ3n) is 2.76. The Balaban J connectivity index is 1.72. The van der Waals surface area contributed by atoms with Crippen molar-refractivity contribution >= 4 is 0 Å². The van der Waals surface area contributed by atoms with Gasteiger partial charge in [0.2, 0.25) is 0 Å². The lowest BCUT2D eigenvalue weighted by molar-refractivity contribution is 0.0887. The molecule has 0 heterocycles. The van der Waals surface area contributed by atoms with Gasteiger partial charge in [0, 0.05) is 6.54 Å². The van der Waals surface area contributed by atoms with Crippen molar-refractivity contribution in [2.24, 2.45) is 5.73 Å². The van der Waals surface area contributed by atoms with Gasteiger partial charge in [-0.05, 0) is 35.4 Å². The second-order valence-electron chi connectivity index (χ2n) is 4.39. The Bertz CT molecular complexity index is 531. The van der Waals surface area contributed by atoms with Gasteiger partial charge in [-0.15, -0.1) is 0 Å². The van der Waals surface area contributed by atoms with E-state index in [1.807, 2.05) is 36.4 Å². The molecule has 0 saturated heterocycles. The third-order valence-corrected chi connectivity index (χ3v) is 2.76. The Morgan fingerprint density at radius 2 is 1.70 bits per heavy atom. The SMILES string of the molecule is NCc1cc(F)cc(COCCOc2ccccc2)c1. The summed E-state index contributed by atoms with van der Waals surface area (Å²) in [5.74, 6) is 0.527. The molecule has 106 valence electrons. The minimum absolute atomic E-state index is 0.285. The molecule has 0 bridgehead atoms. The van der Waals surface area contributed by atoms with Gasteiger partial charge in [0.25, 0.3) is 0 Å². The van der Waals surface area contributed by atoms with E-state index in [1.54, 1.807) is 0 Å². The Hall–Kier alpha value is -1.91. The van der Waals surface area contributed by atoms with Gasteiger partial charge in [0.15, 0.2) is 0 Å². The number of halogens is 1. The second kappa shape index (κ2) is 7.62. The number of hydrogen-bond donors (Lipinski definition) is 1. The number of ether oxygens (including phenoxy) is 2. The molecule has 4 heteroatoms. The van der Waals surface area contributed by atoms with E-state index < -0.39 is 0 Å². The number of para-hydroxylation sites is 1. The maximum absolute atomic E-state index is 13.3. The molecule has 0 aromatic heterocycles. The molecule has 0 aliphatic carbocycles. The zero-order chi connectivity index (χ0) is 14.2. The summed E-state index contributed by atoms with van der Waals surface area (Å²) in [7, 11) is 0. The summed E-state index contributed by atoms with van der Waals surface area (Å²) in [6.45, 7) is 1.58. The van der Waals surface area contributed by atoms with E-state index in [4.69, 9.17) is 15.2 Å². The van der Waals surface area contributed by atoms with Crippen LogP contribution in [0.2, 0.25) is 0 Å². The van der Waals surface area contributed by atoms with Crippen LogP contribution in [0.4, 0.5) is 4.39 Å². The largest absolute Gasteiger partial charge is 0.491 e. The van der Waals surface area contributed by atoms with Crippen molar-refractivity contribution in [1.29, 1.82) is 0 Å². The summed E-state index contributed by atoms with van der Waals surface area (Å²) >= 11 is 0. The van der Waals surface area contributed by atoms with E-state index >= 15 is 0 Å². The molecular formula is C16H18FNO2. The fourth-order valence-electron chi connectivity index (χ4n) is 1.84. The average molecular weight is 275 g/mol.